The molecule has 0 unspecified atom stereocenters. The number of rotatable bonds is 5. The Morgan fingerprint density at radius 1 is 1.00 bits per heavy atom. The zero-order valence-corrected chi connectivity index (χ0v) is 17.1. The van der Waals surface area contributed by atoms with E-state index in [1.807, 2.05) is 30.3 Å². The fraction of sp³-hybridized carbons (Fsp3) is 0.391. The predicted molar refractivity (Wildman–Crippen MR) is 114 cm³/mol. The summed E-state index contributed by atoms with van der Waals surface area (Å²) < 4.78 is 5.32. The van der Waals surface area contributed by atoms with Crippen LogP contribution in [-0.4, -0.2) is 63.0 Å². The molecule has 2 heterocycles. The van der Waals surface area contributed by atoms with Crippen molar-refractivity contribution in [2.45, 2.75) is 13.3 Å². The molecule has 152 valence electrons. The van der Waals surface area contributed by atoms with Crippen LogP contribution in [0.2, 0.25) is 0 Å². The highest BCUT2D eigenvalue weighted by Crippen LogP contribution is 2.29. The lowest BCUT2D eigenvalue weighted by molar-refractivity contribution is -0.116. The van der Waals surface area contributed by atoms with Gasteiger partial charge in [-0.1, -0.05) is 6.07 Å². The molecule has 1 fully saturated rings. The van der Waals surface area contributed by atoms with Crippen LogP contribution in [0.4, 0.5) is 11.4 Å². The molecular formula is C23H27N3O3. The highest BCUT2D eigenvalue weighted by atomic mass is 16.5. The van der Waals surface area contributed by atoms with E-state index in [1.165, 1.54) is 0 Å². The minimum atomic E-state index is 0.0525. The Morgan fingerprint density at radius 3 is 2.52 bits per heavy atom. The Hall–Kier alpha value is -2.86. The summed E-state index contributed by atoms with van der Waals surface area (Å²) in [7, 11) is 1.68. The number of piperazine rings is 1. The first-order chi connectivity index (χ1) is 14.0. The molecule has 0 aliphatic carbocycles. The van der Waals surface area contributed by atoms with E-state index in [-0.39, 0.29) is 11.7 Å². The molecule has 29 heavy (non-hydrogen) atoms. The number of hydrogen-bond donors (Lipinski definition) is 0. The van der Waals surface area contributed by atoms with Crippen molar-refractivity contribution in [3.05, 3.63) is 53.6 Å². The zero-order chi connectivity index (χ0) is 20.4. The average molecular weight is 393 g/mol. The van der Waals surface area contributed by atoms with E-state index in [0.29, 0.717) is 13.1 Å². The number of nitrogens with zero attached hydrogens (tertiary/aromatic N) is 3. The molecule has 0 spiro atoms. The number of ketones is 1. The molecule has 0 N–H and O–H groups in total. The topological polar surface area (TPSA) is 53.1 Å². The number of amides is 1. The van der Waals surface area contributed by atoms with Crippen molar-refractivity contribution in [2.24, 2.45) is 0 Å². The number of fused-ring (bicyclic) bond motifs is 1. The average Bonchev–Trinajstić information content (AvgIpc) is 3.18. The number of carbonyl (C=O) groups excluding carboxylic acids is 2. The van der Waals surface area contributed by atoms with Gasteiger partial charge in [-0.3, -0.25) is 14.5 Å². The molecule has 1 amide bonds. The van der Waals surface area contributed by atoms with Gasteiger partial charge in [0.05, 0.1) is 13.7 Å². The van der Waals surface area contributed by atoms with E-state index < -0.39 is 0 Å². The normalized spacial score (nSPS) is 16.6. The third-order valence-electron chi connectivity index (χ3n) is 5.84. The van der Waals surface area contributed by atoms with Crippen molar-refractivity contribution in [3.8, 4) is 5.75 Å². The van der Waals surface area contributed by atoms with E-state index in [9.17, 15) is 9.59 Å². The number of carbonyl (C=O) groups is 2. The lowest BCUT2D eigenvalue weighted by atomic mass is 10.0. The number of hydrogen-bond acceptors (Lipinski definition) is 5. The van der Waals surface area contributed by atoms with Gasteiger partial charge in [0.25, 0.3) is 0 Å². The number of ether oxygens (including phenoxy) is 1. The fourth-order valence-electron chi connectivity index (χ4n) is 4.17. The first-order valence-corrected chi connectivity index (χ1v) is 10.1. The second kappa shape index (κ2) is 8.25. The monoisotopic (exact) mass is 393 g/mol. The molecule has 2 aromatic carbocycles. The van der Waals surface area contributed by atoms with Crippen LogP contribution in [0.1, 0.15) is 22.8 Å². The van der Waals surface area contributed by atoms with Gasteiger partial charge in [0, 0.05) is 62.7 Å². The summed E-state index contributed by atoms with van der Waals surface area (Å²) in [6.07, 6.45) is 0.815. The molecule has 1 saturated heterocycles. The molecule has 6 heteroatoms. The second-order valence-electron chi connectivity index (χ2n) is 7.65. The predicted octanol–water partition coefficient (Wildman–Crippen LogP) is 2.61. The summed E-state index contributed by atoms with van der Waals surface area (Å²) in [5.41, 5.74) is 3.93. The highest BCUT2D eigenvalue weighted by Gasteiger charge is 2.24. The fourth-order valence-corrected chi connectivity index (χ4v) is 4.17. The number of benzene rings is 2. The molecule has 0 saturated carbocycles. The van der Waals surface area contributed by atoms with Crippen LogP contribution in [0.3, 0.4) is 0 Å². The van der Waals surface area contributed by atoms with Crippen LogP contribution in [-0.2, 0) is 11.2 Å². The summed E-state index contributed by atoms with van der Waals surface area (Å²) in [6.45, 7) is 6.20. The Balaban J connectivity index is 1.35. The van der Waals surface area contributed by atoms with Crippen LogP contribution in [0.5, 0.6) is 5.75 Å². The second-order valence-corrected chi connectivity index (χ2v) is 7.65. The summed E-state index contributed by atoms with van der Waals surface area (Å²) in [4.78, 5) is 30.8. The minimum absolute atomic E-state index is 0.0525. The third-order valence-corrected chi connectivity index (χ3v) is 5.84. The summed E-state index contributed by atoms with van der Waals surface area (Å²) in [6, 6.07) is 13.8. The number of methoxy groups -OCH3 is 1. The van der Waals surface area contributed by atoms with Crippen LogP contribution < -0.4 is 14.5 Å². The van der Waals surface area contributed by atoms with Gasteiger partial charge in [-0.25, -0.2) is 0 Å². The van der Waals surface area contributed by atoms with E-state index in [4.69, 9.17) is 4.74 Å². The molecule has 4 rings (SSSR count). The standard InChI is InChI=1S/C23H27N3O3/c1-17(27)26-9-8-18-14-19(6-7-22(18)26)23(28)16-24-10-12-25(13-11-24)20-4-3-5-21(15-20)29-2/h3-7,14-15H,8-13,16H2,1-2H3. The van der Waals surface area contributed by atoms with Crippen molar-refractivity contribution >= 4 is 23.1 Å². The van der Waals surface area contributed by atoms with Gasteiger partial charge in [0.2, 0.25) is 5.91 Å². The minimum Gasteiger partial charge on any atom is -0.497 e. The van der Waals surface area contributed by atoms with Gasteiger partial charge in [-0.2, -0.15) is 0 Å². The van der Waals surface area contributed by atoms with E-state index >= 15 is 0 Å². The highest BCUT2D eigenvalue weighted by molar-refractivity contribution is 6.00. The summed E-state index contributed by atoms with van der Waals surface area (Å²) in [5.74, 6) is 1.06. The lowest BCUT2D eigenvalue weighted by Crippen LogP contribution is -2.48. The van der Waals surface area contributed by atoms with Crippen molar-refractivity contribution < 1.29 is 14.3 Å². The van der Waals surface area contributed by atoms with Gasteiger partial charge >= 0.3 is 0 Å². The van der Waals surface area contributed by atoms with E-state index in [2.05, 4.69) is 21.9 Å². The first-order valence-electron chi connectivity index (χ1n) is 10.1. The number of Topliss-reactive ketones (excluding diaryl/α,β-unsaturated/α-hetero) is 1. The van der Waals surface area contributed by atoms with Crippen LogP contribution in [0.25, 0.3) is 0 Å². The Morgan fingerprint density at radius 2 is 1.79 bits per heavy atom. The molecule has 2 aliphatic heterocycles. The molecule has 6 nitrogen and oxygen atoms in total. The molecule has 0 bridgehead atoms. The molecular weight excluding hydrogens is 366 g/mol. The maximum Gasteiger partial charge on any atom is 0.223 e. The Bertz CT molecular complexity index is 919. The maximum absolute atomic E-state index is 12.8. The molecule has 0 aromatic heterocycles. The molecule has 2 aromatic rings. The molecule has 2 aliphatic rings. The van der Waals surface area contributed by atoms with Gasteiger partial charge in [-0.05, 0) is 42.3 Å². The van der Waals surface area contributed by atoms with Crippen molar-refractivity contribution in [3.63, 3.8) is 0 Å². The van der Waals surface area contributed by atoms with Crippen LogP contribution in [0.15, 0.2) is 42.5 Å². The van der Waals surface area contributed by atoms with Crippen LogP contribution >= 0.6 is 0 Å². The van der Waals surface area contributed by atoms with Crippen molar-refractivity contribution in [1.82, 2.24) is 4.90 Å². The molecule has 0 atom stereocenters. The third kappa shape index (κ3) is 4.12. The Labute approximate surface area is 171 Å². The van der Waals surface area contributed by atoms with Crippen molar-refractivity contribution in [1.29, 1.82) is 0 Å². The van der Waals surface area contributed by atoms with Gasteiger partial charge in [0.1, 0.15) is 5.75 Å². The molecule has 0 radical (unpaired) electrons. The maximum atomic E-state index is 12.8. The van der Waals surface area contributed by atoms with Crippen LogP contribution in [0, 0.1) is 0 Å². The lowest BCUT2D eigenvalue weighted by Gasteiger charge is -2.35. The van der Waals surface area contributed by atoms with Gasteiger partial charge < -0.3 is 14.5 Å². The van der Waals surface area contributed by atoms with E-state index in [1.54, 1.807) is 18.9 Å². The smallest absolute Gasteiger partial charge is 0.223 e. The van der Waals surface area contributed by atoms with E-state index in [0.717, 1.165) is 60.9 Å². The van der Waals surface area contributed by atoms with Gasteiger partial charge in [0.15, 0.2) is 5.78 Å². The largest absolute Gasteiger partial charge is 0.497 e. The Kier molecular flexibility index (Phi) is 5.53. The SMILES string of the molecule is COc1cccc(N2CCN(CC(=O)c3ccc4c(c3)CCN4C(C)=O)CC2)c1. The quantitative estimate of drug-likeness (QED) is 0.731. The zero-order valence-electron chi connectivity index (χ0n) is 17.1. The number of anilines is 2. The summed E-state index contributed by atoms with van der Waals surface area (Å²) >= 11 is 0. The summed E-state index contributed by atoms with van der Waals surface area (Å²) in [5, 5.41) is 0. The van der Waals surface area contributed by atoms with Gasteiger partial charge in [-0.15, -0.1) is 0 Å². The first kappa shape index (κ1) is 19.5. The van der Waals surface area contributed by atoms with Crippen molar-refractivity contribution in [2.75, 3.05) is 56.2 Å².